The van der Waals surface area contributed by atoms with E-state index in [1.54, 1.807) is 12.1 Å². The van der Waals surface area contributed by atoms with Crippen LogP contribution in [0.2, 0.25) is 5.15 Å². The smallest absolute Gasteiger partial charge is 0.133 e. The number of aliphatic hydroxyl groups is 1. The van der Waals surface area contributed by atoms with Gasteiger partial charge in [-0.05, 0) is 18.9 Å². The van der Waals surface area contributed by atoms with Gasteiger partial charge in [-0.1, -0.05) is 24.4 Å². The van der Waals surface area contributed by atoms with Crippen molar-refractivity contribution in [1.82, 2.24) is 4.98 Å². The predicted octanol–water partition coefficient (Wildman–Crippen LogP) is 2.06. The number of rotatable bonds is 3. The fourth-order valence-corrected chi connectivity index (χ4v) is 2.62. The minimum atomic E-state index is -0.590. The molecule has 3 N–H and O–H groups in total. The second-order valence-corrected chi connectivity index (χ2v) is 5.26. The van der Waals surface area contributed by atoms with E-state index >= 15 is 0 Å². The van der Waals surface area contributed by atoms with Crippen LogP contribution in [0.1, 0.15) is 25.7 Å². The van der Waals surface area contributed by atoms with Gasteiger partial charge in [-0.2, -0.15) is 0 Å². The van der Waals surface area contributed by atoms with Crippen LogP contribution < -0.4 is 10.6 Å². The van der Waals surface area contributed by atoms with E-state index in [2.05, 4.69) is 4.98 Å². The van der Waals surface area contributed by atoms with Gasteiger partial charge < -0.3 is 15.7 Å². The topological polar surface area (TPSA) is 62.4 Å². The molecule has 1 fully saturated rings. The molecule has 0 amide bonds. The molecule has 0 unspecified atom stereocenters. The number of nitrogens with zero attached hydrogens (tertiary/aromatic N) is 2. The van der Waals surface area contributed by atoms with E-state index < -0.39 is 5.60 Å². The third kappa shape index (κ3) is 3.01. The Hall–Kier alpha value is -1.00. The average molecular weight is 256 g/mol. The summed E-state index contributed by atoms with van der Waals surface area (Å²) in [5.74, 6) is 0.704. The number of nitrogen functional groups attached to an aromatic ring is 1. The van der Waals surface area contributed by atoms with E-state index in [0.29, 0.717) is 23.2 Å². The van der Waals surface area contributed by atoms with Crippen molar-refractivity contribution in [3.05, 3.63) is 17.3 Å². The highest BCUT2D eigenvalue weighted by Crippen LogP contribution is 2.31. The number of likely N-dealkylation sites (N-methyl/N-ethyl adjacent to an activating group) is 1. The monoisotopic (exact) mass is 255 g/mol. The molecule has 0 aliphatic heterocycles. The Kier molecular flexibility index (Phi) is 3.45. The third-order valence-electron chi connectivity index (χ3n) is 3.26. The Morgan fingerprint density at radius 3 is 2.71 bits per heavy atom. The van der Waals surface area contributed by atoms with Crippen molar-refractivity contribution < 1.29 is 5.11 Å². The summed E-state index contributed by atoms with van der Waals surface area (Å²) < 4.78 is 0. The second kappa shape index (κ2) is 4.70. The molecular formula is C12H18ClN3O. The van der Waals surface area contributed by atoms with E-state index in [1.807, 2.05) is 11.9 Å². The summed E-state index contributed by atoms with van der Waals surface area (Å²) in [7, 11) is 1.90. The Morgan fingerprint density at radius 1 is 1.47 bits per heavy atom. The lowest BCUT2D eigenvalue weighted by atomic mass is 10.0. The van der Waals surface area contributed by atoms with Crippen molar-refractivity contribution in [2.45, 2.75) is 31.3 Å². The zero-order valence-electron chi connectivity index (χ0n) is 9.99. The molecule has 0 saturated heterocycles. The van der Waals surface area contributed by atoms with Crippen LogP contribution in [0.15, 0.2) is 12.1 Å². The molecule has 4 nitrogen and oxygen atoms in total. The van der Waals surface area contributed by atoms with Crippen molar-refractivity contribution in [2.75, 3.05) is 24.2 Å². The molecule has 1 heterocycles. The van der Waals surface area contributed by atoms with Crippen molar-refractivity contribution in [1.29, 1.82) is 0 Å². The molecule has 5 heteroatoms. The quantitative estimate of drug-likeness (QED) is 0.812. The molecule has 2 rings (SSSR count). The lowest BCUT2D eigenvalue weighted by Crippen LogP contribution is -2.39. The fraction of sp³-hybridized carbons (Fsp3) is 0.583. The molecular weight excluding hydrogens is 238 g/mol. The van der Waals surface area contributed by atoms with Crippen molar-refractivity contribution in [2.24, 2.45) is 0 Å². The molecule has 1 aliphatic rings. The standard InChI is InChI=1S/C12H18ClN3O/c1-16(8-12(17)4-2-3-5-12)11-7-9(14)6-10(13)15-11/h6-7,17H,2-5,8H2,1H3,(H2,14,15). The summed E-state index contributed by atoms with van der Waals surface area (Å²) in [6.45, 7) is 0.569. The SMILES string of the molecule is CN(CC1(O)CCCC1)c1cc(N)cc(Cl)n1. The zero-order chi connectivity index (χ0) is 12.5. The highest BCUT2D eigenvalue weighted by Gasteiger charge is 2.32. The van der Waals surface area contributed by atoms with Crippen molar-refractivity contribution in [3.8, 4) is 0 Å². The number of pyridine rings is 1. The molecule has 0 radical (unpaired) electrons. The molecule has 1 aromatic heterocycles. The first kappa shape index (κ1) is 12.5. The minimum Gasteiger partial charge on any atom is -0.399 e. The first-order valence-electron chi connectivity index (χ1n) is 5.85. The fourth-order valence-electron chi connectivity index (χ4n) is 2.41. The third-order valence-corrected chi connectivity index (χ3v) is 3.45. The number of nitrogens with two attached hydrogens (primary N) is 1. The van der Waals surface area contributed by atoms with Gasteiger partial charge in [0.15, 0.2) is 0 Å². The maximum atomic E-state index is 10.3. The van der Waals surface area contributed by atoms with Crippen LogP contribution in [0.25, 0.3) is 0 Å². The molecule has 1 saturated carbocycles. The molecule has 17 heavy (non-hydrogen) atoms. The van der Waals surface area contributed by atoms with Gasteiger partial charge in [0, 0.05) is 25.3 Å². The van der Waals surface area contributed by atoms with E-state index in [1.165, 1.54) is 0 Å². The first-order chi connectivity index (χ1) is 7.98. The average Bonchev–Trinajstić information content (AvgIpc) is 2.63. The van der Waals surface area contributed by atoms with Crippen LogP contribution in [0.3, 0.4) is 0 Å². The summed E-state index contributed by atoms with van der Waals surface area (Å²) in [4.78, 5) is 6.12. The van der Waals surface area contributed by atoms with Gasteiger partial charge >= 0.3 is 0 Å². The second-order valence-electron chi connectivity index (χ2n) is 4.87. The van der Waals surface area contributed by atoms with E-state index in [-0.39, 0.29) is 0 Å². The Balaban J connectivity index is 2.11. The summed E-state index contributed by atoms with van der Waals surface area (Å²) in [6.07, 6.45) is 3.89. The number of hydrogen-bond acceptors (Lipinski definition) is 4. The van der Waals surface area contributed by atoms with Crippen LogP contribution in [0, 0.1) is 0 Å². The summed E-state index contributed by atoms with van der Waals surface area (Å²) in [5.41, 5.74) is 5.72. The molecule has 0 atom stereocenters. The van der Waals surface area contributed by atoms with Gasteiger partial charge in [0.1, 0.15) is 11.0 Å². The Bertz CT molecular complexity index is 384. The van der Waals surface area contributed by atoms with Gasteiger partial charge in [0.05, 0.1) is 5.60 Å². The Labute approximate surface area is 106 Å². The Morgan fingerprint density at radius 2 is 2.12 bits per heavy atom. The lowest BCUT2D eigenvalue weighted by Gasteiger charge is -2.29. The summed E-state index contributed by atoms with van der Waals surface area (Å²) in [5, 5.41) is 10.7. The van der Waals surface area contributed by atoms with Crippen molar-refractivity contribution >= 4 is 23.1 Å². The number of aromatic nitrogens is 1. The van der Waals surface area contributed by atoms with Crippen LogP contribution in [-0.4, -0.2) is 29.3 Å². The van der Waals surface area contributed by atoms with Crippen LogP contribution in [-0.2, 0) is 0 Å². The van der Waals surface area contributed by atoms with Gasteiger partial charge in [-0.15, -0.1) is 0 Å². The van der Waals surface area contributed by atoms with Crippen LogP contribution in [0.5, 0.6) is 0 Å². The largest absolute Gasteiger partial charge is 0.399 e. The van der Waals surface area contributed by atoms with E-state index in [9.17, 15) is 5.11 Å². The van der Waals surface area contributed by atoms with Gasteiger partial charge in [0.25, 0.3) is 0 Å². The van der Waals surface area contributed by atoms with Gasteiger partial charge in [-0.25, -0.2) is 4.98 Å². The maximum absolute atomic E-state index is 10.3. The molecule has 0 spiro atoms. The molecule has 94 valence electrons. The number of hydrogen-bond donors (Lipinski definition) is 2. The maximum Gasteiger partial charge on any atom is 0.133 e. The lowest BCUT2D eigenvalue weighted by molar-refractivity contribution is 0.0558. The van der Waals surface area contributed by atoms with Crippen LogP contribution >= 0.6 is 11.6 Å². The van der Waals surface area contributed by atoms with E-state index in [4.69, 9.17) is 17.3 Å². The number of anilines is 2. The van der Waals surface area contributed by atoms with Gasteiger partial charge in [0.2, 0.25) is 0 Å². The normalized spacial score (nSPS) is 18.3. The number of halogens is 1. The highest BCUT2D eigenvalue weighted by molar-refractivity contribution is 6.29. The highest BCUT2D eigenvalue weighted by atomic mass is 35.5. The summed E-state index contributed by atoms with van der Waals surface area (Å²) >= 11 is 5.87. The summed E-state index contributed by atoms with van der Waals surface area (Å²) in [6, 6.07) is 3.38. The minimum absolute atomic E-state index is 0.380. The van der Waals surface area contributed by atoms with E-state index in [0.717, 1.165) is 25.7 Å². The molecule has 1 aliphatic carbocycles. The molecule has 0 aromatic carbocycles. The van der Waals surface area contributed by atoms with Crippen LogP contribution in [0.4, 0.5) is 11.5 Å². The predicted molar refractivity (Wildman–Crippen MR) is 70.3 cm³/mol. The van der Waals surface area contributed by atoms with Gasteiger partial charge in [-0.3, -0.25) is 0 Å². The molecule has 0 bridgehead atoms. The molecule has 1 aromatic rings. The first-order valence-corrected chi connectivity index (χ1v) is 6.23. The zero-order valence-corrected chi connectivity index (χ0v) is 10.7. The van der Waals surface area contributed by atoms with Crippen molar-refractivity contribution in [3.63, 3.8) is 0 Å².